The number of alkyl halides is 3. The highest BCUT2D eigenvalue weighted by Crippen LogP contribution is 2.34. The fraction of sp³-hybridized carbons (Fsp3) is 0.440. The number of amides is 1. The van der Waals surface area contributed by atoms with Crippen LogP contribution in [0.2, 0.25) is 0 Å². The van der Waals surface area contributed by atoms with Gasteiger partial charge in [0.15, 0.2) is 0 Å². The molecule has 1 aliphatic carbocycles. The van der Waals surface area contributed by atoms with Crippen molar-refractivity contribution in [2.75, 3.05) is 26.2 Å². The average Bonchev–Trinajstić information content (AvgIpc) is 2.94. The van der Waals surface area contributed by atoms with Crippen molar-refractivity contribution in [1.82, 2.24) is 9.80 Å². The highest BCUT2D eigenvalue weighted by atomic mass is 19.4. The van der Waals surface area contributed by atoms with Gasteiger partial charge in [0.2, 0.25) is 0 Å². The van der Waals surface area contributed by atoms with Gasteiger partial charge in [0.25, 0.3) is 0 Å². The monoisotopic (exact) mass is 460 g/mol. The number of carbonyl (C=O) groups excluding carboxylic acids is 2. The van der Waals surface area contributed by atoms with Gasteiger partial charge >= 0.3 is 12.3 Å². The van der Waals surface area contributed by atoms with E-state index in [2.05, 4.69) is 4.90 Å². The smallest absolute Gasteiger partial charge is 0.416 e. The van der Waals surface area contributed by atoms with E-state index in [1.54, 1.807) is 23.1 Å². The first-order valence-electron chi connectivity index (χ1n) is 11.2. The fourth-order valence-electron chi connectivity index (χ4n) is 4.53. The van der Waals surface area contributed by atoms with Gasteiger partial charge in [-0.25, -0.2) is 4.79 Å². The summed E-state index contributed by atoms with van der Waals surface area (Å²) in [6.45, 7) is 3.29. The maximum atomic E-state index is 12.9. The van der Waals surface area contributed by atoms with E-state index in [0.717, 1.165) is 56.0 Å². The minimum Gasteiger partial charge on any atom is -0.441 e. The van der Waals surface area contributed by atoms with E-state index < -0.39 is 17.4 Å². The van der Waals surface area contributed by atoms with Crippen LogP contribution in [0.1, 0.15) is 41.6 Å². The minimum absolute atomic E-state index is 0.282. The molecule has 176 valence electrons. The molecule has 2 saturated heterocycles. The Bertz CT molecular complexity index is 972. The first-order chi connectivity index (χ1) is 15.8. The van der Waals surface area contributed by atoms with Gasteiger partial charge in [0, 0.05) is 44.6 Å². The maximum Gasteiger partial charge on any atom is 0.416 e. The van der Waals surface area contributed by atoms with Gasteiger partial charge in [-0.3, -0.25) is 9.69 Å². The summed E-state index contributed by atoms with van der Waals surface area (Å²) in [5.41, 5.74) is 1.37. The molecule has 8 heteroatoms. The Morgan fingerprint density at radius 3 is 2.45 bits per heavy atom. The van der Waals surface area contributed by atoms with Gasteiger partial charge in [0.1, 0.15) is 11.9 Å². The topological polar surface area (TPSA) is 49.9 Å². The molecule has 0 saturated carbocycles. The largest absolute Gasteiger partial charge is 0.441 e. The third-order valence-electron chi connectivity index (χ3n) is 6.54. The zero-order valence-electron chi connectivity index (χ0n) is 18.3. The first-order valence-corrected chi connectivity index (χ1v) is 11.2. The number of hydrogen-bond donors (Lipinski definition) is 0. The van der Waals surface area contributed by atoms with E-state index in [1.807, 2.05) is 18.2 Å². The van der Waals surface area contributed by atoms with Crippen molar-refractivity contribution in [3.05, 3.63) is 70.8 Å². The molecule has 1 aromatic carbocycles. The second-order valence-corrected chi connectivity index (χ2v) is 8.86. The van der Waals surface area contributed by atoms with Gasteiger partial charge in [-0.1, -0.05) is 54.1 Å². The van der Waals surface area contributed by atoms with Gasteiger partial charge in [0.05, 0.1) is 12.1 Å². The van der Waals surface area contributed by atoms with E-state index >= 15 is 0 Å². The lowest BCUT2D eigenvalue weighted by Crippen LogP contribution is -2.47. The lowest BCUT2D eigenvalue weighted by molar-refractivity contribution is -0.0883. The second-order valence-electron chi connectivity index (χ2n) is 8.86. The third-order valence-corrected chi connectivity index (χ3v) is 6.54. The summed E-state index contributed by atoms with van der Waals surface area (Å²) in [5.74, 6) is 0. The standard InChI is InChI=1S/C25H27F3N2O3/c26-25(27,28)22-3-1-2-19(8-9-22)10-13-29-14-11-24(12-15-29)18-30(23(32)33-24)16-20-4-6-21(17-31)7-5-20/h2-9,17H,1,10-16,18H2. The summed E-state index contributed by atoms with van der Waals surface area (Å²) in [5, 5.41) is 0. The Morgan fingerprint density at radius 2 is 1.79 bits per heavy atom. The number of aldehydes is 1. The van der Waals surface area contributed by atoms with E-state index in [1.165, 1.54) is 6.08 Å². The number of ether oxygens (including phenoxy) is 1. The maximum absolute atomic E-state index is 12.9. The van der Waals surface area contributed by atoms with Crippen LogP contribution in [0.3, 0.4) is 0 Å². The Hall–Kier alpha value is -2.87. The number of benzene rings is 1. The van der Waals surface area contributed by atoms with Crippen LogP contribution in [0.4, 0.5) is 18.0 Å². The van der Waals surface area contributed by atoms with Crippen LogP contribution in [-0.4, -0.2) is 60.1 Å². The Morgan fingerprint density at radius 1 is 1.06 bits per heavy atom. The number of rotatable bonds is 6. The molecule has 1 aromatic rings. The molecular formula is C25H27F3N2O3. The summed E-state index contributed by atoms with van der Waals surface area (Å²) < 4.78 is 44.4. The highest BCUT2D eigenvalue weighted by Gasteiger charge is 2.46. The SMILES string of the molecule is O=Cc1ccc(CN2CC3(CCN(CCC4=CCC=C(C(F)(F)F)C=C4)CC3)OC2=O)cc1. The number of carbonyl (C=O) groups is 2. The third kappa shape index (κ3) is 5.74. The van der Waals surface area contributed by atoms with Crippen molar-refractivity contribution in [3.8, 4) is 0 Å². The zero-order chi connectivity index (χ0) is 23.5. The Balaban J connectivity index is 1.25. The van der Waals surface area contributed by atoms with Crippen molar-refractivity contribution in [2.45, 2.75) is 44.0 Å². The second kappa shape index (κ2) is 9.55. The molecular weight excluding hydrogens is 433 g/mol. The predicted octanol–water partition coefficient (Wildman–Crippen LogP) is 5.05. The summed E-state index contributed by atoms with van der Waals surface area (Å²) in [6.07, 6.45) is 4.37. The van der Waals surface area contributed by atoms with Gasteiger partial charge in [-0.15, -0.1) is 0 Å². The molecule has 0 bridgehead atoms. The normalized spacial score (nSPS) is 20.9. The number of likely N-dealkylation sites (tertiary alicyclic amines) is 1. The summed E-state index contributed by atoms with van der Waals surface area (Å²) in [4.78, 5) is 27.2. The molecule has 0 atom stereocenters. The van der Waals surface area contributed by atoms with Gasteiger partial charge in [-0.2, -0.15) is 13.2 Å². The van der Waals surface area contributed by atoms with Crippen LogP contribution in [0.25, 0.3) is 0 Å². The van der Waals surface area contributed by atoms with Gasteiger partial charge < -0.3 is 9.64 Å². The predicted molar refractivity (Wildman–Crippen MR) is 118 cm³/mol. The van der Waals surface area contributed by atoms with E-state index in [-0.39, 0.29) is 12.5 Å². The molecule has 3 aliphatic rings. The van der Waals surface area contributed by atoms with Crippen LogP contribution < -0.4 is 0 Å². The number of piperidine rings is 1. The number of halogens is 3. The van der Waals surface area contributed by atoms with Crippen LogP contribution >= 0.6 is 0 Å². The Kier molecular flexibility index (Phi) is 6.74. The number of hydrogen-bond acceptors (Lipinski definition) is 4. The molecule has 0 aromatic heterocycles. The van der Waals surface area contributed by atoms with Crippen molar-refractivity contribution >= 4 is 12.4 Å². The highest BCUT2D eigenvalue weighted by molar-refractivity contribution is 5.74. The van der Waals surface area contributed by atoms with Crippen molar-refractivity contribution < 1.29 is 27.5 Å². The lowest BCUT2D eigenvalue weighted by Gasteiger charge is -2.37. The van der Waals surface area contributed by atoms with Crippen molar-refractivity contribution in [3.63, 3.8) is 0 Å². The number of allylic oxidation sites excluding steroid dienone is 5. The molecule has 1 amide bonds. The van der Waals surface area contributed by atoms with E-state index in [4.69, 9.17) is 4.74 Å². The molecule has 0 unspecified atom stereocenters. The summed E-state index contributed by atoms with van der Waals surface area (Å²) in [7, 11) is 0. The van der Waals surface area contributed by atoms with Gasteiger partial charge in [-0.05, 0) is 18.4 Å². The molecule has 2 heterocycles. The lowest BCUT2D eigenvalue weighted by atomic mass is 9.91. The fourth-order valence-corrected chi connectivity index (χ4v) is 4.53. The van der Waals surface area contributed by atoms with Crippen LogP contribution in [0.5, 0.6) is 0 Å². The van der Waals surface area contributed by atoms with Crippen molar-refractivity contribution in [2.24, 2.45) is 0 Å². The molecule has 2 aliphatic heterocycles. The average molecular weight is 460 g/mol. The van der Waals surface area contributed by atoms with Crippen LogP contribution in [0, 0.1) is 0 Å². The molecule has 33 heavy (non-hydrogen) atoms. The molecule has 2 fully saturated rings. The minimum atomic E-state index is -4.31. The van der Waals surface area contributed by atoms with E-state index in [9.17, 15) is 22.8 Å². The van der Waals surface area contributed by atoms with Crippen molar-refractivity contribution in [1.29, 1.82) is 0 Å². The van der Waals surface area contributed by atoms with E-state index in [0.29, 0.717) is 25.1 Å². The summed E-state index contributed by atoms with van der Waals surface area (Å²) >= 11 is 0. The zero-order valence-corrected chi connectivity index (χ0v) is 18.3. The molecule has 0 N–H and O–H groups in total. The van der Waals surface area contributed by atoms with Crippen LogP contribution in [0.15, 0.2) is 59.7 Å². The molecule has 5 nitrogen and oxygen atoms in total. The number of nitrogens with zero attached hydrogens (tertiary/aromatic N) is 2. The molecule has 1 spiro atoms. The summed E-state index contributed by atoms with van der Waals surface area (Å²) in [6, 6.07) is 7.15. The molecule has 4 rings (SSSR count). The Labute approximate surface area is 191 Å². The quantitative estimate of drug-likeness (QED) is 0.558. The van der Waals surface area contributed by atoms with Crippen LogP contribution in [-0.2, 0) is 11.3 Å². The molecule has 0 radical (unpaired) electrons. The first kappa shape index (κ1) is 23.3.